The van der Waals surface area contributed by atoms with Crippen molar-refractivity contribution < 1.29 is 0 Å². The minimum atomic E-state index is 0.0574. The van der Waals surface area contributed by atoms with Crippen LogP contribution in [-0.2, 0) is 0 Å². The summed E-state index contributed by atoms with van der Waals surface area (Å²) in [4.78, 5) is 12.4. The Balaban J connectivity index is 1.69. The second-order valence-corrected chi connectivity index (χ2v) is 8.07. The Morgan fingerprint density at radius 1 is 0.931 bits per heavy atom. The monoisotopic (exact) mass is 442 g/mol. The van der Waals surface area contributed by atoms with Gasteiger partial charge in [0.05, 0.1) is 23.3 Å². The van der Waals surface area contributed by atoms with E-state index in [4.69, 9.17) is 41.4 Å². The van der Waals surface area contributed by atoms with E-state index in [1.54, 1.807) is 18.3 Å². The Kier molecular flexibility index (Phi) is 5.82. The highest BCUT2D eigenvalue weighted by molar-refractivity contribution is 6.36. The van der Waals surface area contributed by atoms with Crippen LogP contribution in [0.15, 0.2) is 60.8 Å². The molecule has 4 rings (SSSR count). The van der Waals surface area contributed by atoms with E-state index >= 15 is 0 Å². The molecule has 0 amide bonds. The van der Waals surface area contributed by atoms with Crippen LogP contribution in [0.5, 0.6) is 0 Å². The number of aromatic nitrogens is 1. The second kappa shape index (κ2) is 8.51. The van der Waals surface area contributed by atoms with Crippen molar-refractivity contribution in [1.29, 1.82) is 0 Å². The van der Waals surface area contributed by atoms with Gasteiger partial charge in [-0.2, -0.15) is 0 Å². The van der Waals surface area contributed by atoms with Crippen LogP contribution in [0, 0.1) is 6.57 Å². The zero-order valence-corrected chi connectivity index (χ0v) is 17.7. The molecule has 2 aromatic carbocycles. The SMILES string of the molecule is [C-]#[N+]c1ccc(N2CCN(c3ccc(Cl)cc3Cl)[C@H](c3ccc(Cl)cc3)C2)nc1. The standard InChI is InChI=1S/C22H17Cl3N4/c1-26-18-7-9-22(27-13-18)28-10-11-29(20-8-6-17(24)12-19(20)25)21(14-28)15-2-4-16(23)5-3-15/h2-9,12-13,21H,10-11,14H2/t21-/m0/s1. The van der Waals surface area contributed by atoms with Crippen molar-refractivity contribution >= 4 is 52.0 Å². The Labute approximate surface area is 185 Å². The second-order valence-electron chi connectivity index (χ2n) is 6.79. The maximum absolute atomic E-state index is 7.11. The van der Waals surface area contributed by atoms with Gasteiger partial charge in [0.15, 0.2) is 0 Å². The summed E-state index contributed by atoms with van der Waals surface area (Å²) in [6.07, 6.45) is 1.61. The Morgan fingerprint density at radius 3 is 2.34 bits per heavy atom. The quantitative estimate of drug-likeness (QED) is 0.423. The third kappa shape index (κ3) is 4.28. The molecule has 0 bridgehead atoms. The summed E-state index contributed by atoms with van der Waals surface area (Å²) in [6.45, 7) is 9.39. The van der Waals surface area contributed by atoms with Crippen molar-refractivity contribution in [3.63, 3.8) is 0 Å². The van der Waals surface area contributed by atoms with Crippen LogP contribution in [0.4, 0.5) is 17.2 Å². The first kappa shape index (κ1) is 19.8. The molecule has 0 N–H and O–H groups in total. The van der Waals surface area contributed by atoms with E-state index < -0.39 is 0 Å². The fourth-order valence-electron chi connectivity index (χ4n) is 3.60. The number of piperazine rings is 1. The summed E-state index contributed by atoms with van der Waals surface area (Å²) in [5, 5.41) is 1.95. The van der Waals surface area contributed by atoms with Crippen LogP contribution in [0.25, 0.3) is 4.85 Å². The molecule has 0 saturated carbocycles. The molecule has 1 atom stereocenters. The molecule has 2 heterocycles. The topological polar surface area (TPSA) is 23.7 Å². The number of hydrogen-bond acceptors (Lipinski definition) is 3. The van der Waals surface area contributed by atoms with E-state index in [2.05, 4.69) is 19.6 Å². The smallest absolute Gasteiger partial charge is 0.205 e. The summed E-state index contributed by atoms with van der Waals surface area (Å²) >= 11 is 18.7. The number of halogens is 3. The molecule has 3 aromatic rings. The van der Waals surface area contributed by atoms with Crippen LogP contribution < -0.4 is 9.80 Å². The molecule has 1 aliphatic heterocycles. The lowest BCUT2D eigenvalue weighted by Crippen LogP contribution is -2.49. The molecule has 0 unspecified atom stereocenters. The van der Waals surface area contributed by atoms with Crippen LogP contribution >= 0.6 is 34.8 Å². The average molecular weight is 444 g/mol. The Bertz CT molecular complexity index is 1050. The third-order valence-electron chi connectivity index (χ3n) is 5.04. The Hall–Kier alpha value is -2.45. The summed E-state index contributed by atoms with van der Waals surface area (Å²) in [5.41, 5.74) is 2.63. The van der Waals surface area contributed by atoms with Crippen molar-refractivity contribution in [2.24, 2.45) is 0 Å². The molecule has 4 nitrogen and oxygen atoms in total. The predicted molar refractivity (Wildman–Crippen MR) is 121 cm³/mol. The number of pyridine rings is 1. The highest BCUT2D eigenvalue weighted by Crippen LogP contribution is 2.37. The van der Waals surface area contributed by atoms with Gasteiger partial charge in [-0.05, 0) is 42.0 Å². The fourth-order valence-corrected chi connectivity index (χ4v) is 4.24. The van der Waals surface area contributed by atoms with Gasteiger partial charge in [-0.15, -0.1) is 0 Å². The Morgan fingerprint density at radius 2 is 1.69 bits per heavy atom. The van der Waals surface area contributed by atoms with Crippen LogP contribution in [-0.4, -0.2) is 24.6 Å². The van der Waals surface area contributed by atoms with Crippen LogP contribution in [0.2, 0.25) is 15.1 Å². The molecular formula is C22H17Cl3N4. The zero-order chi connectivity index (χ0) is 20.4. The normalized spacial score (nSPS) is 16.6. The van der Waals surface area contributed by atoms with Crippen molar-refractivity contribution in [3.8, 4) is 0 Å². The van der Waals surface area contributed by atoms with Crippen molar-refractivity contribution in [2.45, 2.75) is 6.04 Å². The summed E-state index contributed by atoms with van der Waals surface area (Å²) in [6, 6.07) is 17.2. The molecule has 0 radical (unpaired) electrons. The van der Waals surface area contributed by atoms with Gasteiger partial charge in [0, 0.05) is 35.9 Å². The maximum atomic E-state index is 7.11. The number of benzene rings is 2. The van der Waals surface area contributed by atoms with E-state index in [1.165, 1.54) is 0 Å². The maximum Gasteiger partial charge on any atom is 0.205 e. The number of nitrogens with zero attached hydrogens (tertiary/aromatic N) is 4. The molecule has 1 aromatic heterocycles. The molecule has 1 saturated heterocycles. The molecule has 1 fully saturated rings. The van der Waals surface area contributed by atoms with Crippen molar-refractivity contribution in [1.82, 2.24) is 4.98 Å². The summed E-state index contributed by atoms with van der Waals surface area (Å²) < 4.78 is 0. The van der Waals surface area contributed by atoms with Gasteiger partial charge in [-0.25, -0.2) is 4.85 Å². The van der Waals surface area contributed by atoms with Crippen LogP contribution in [0.3, 0.4) is 0 Å². The van der Waals surface area contributed by atoms with Gasteiger partial charge >= 0.3 is 0 Å². The van der Waals surface area contributed by atoms with E-state index in [0.717, 1.165) is 36.7 Å². The predicted octanol–water partition coefficient (Wildman–Crippen LogP) is 6.66. The number of anilines is 2. The van der Waals surface area contributed by atoms with Crippen molar-refractivity contribution in [2.75, 3.05) is 29.4 Å². The van der Waals surface area contributed by atoms with Gasteiger partial charge < -0.3 is 9.80 Å². The van der Waals surface area contributed by atoms with Crippen LogP contribution in [0.1, 0.15) is 11.6 Å². The molecule has 0 aliphatic carbocycles. The molecule has 146 valence electrons. The first-order valence-electron chi connectivity index (χ1n) is 9.11. The molecule has 29 heavy (non-hydrogen) atoms. The lowest BCUT2D eigenvalue weighted by atomic mass is 10.0. The largest absolute Gasteiger partial charge is 0.360 e. The highest BCUT2D eigenvalue weighted by atomic mass is 35.5. The van der Waals surface area contributed by atoms with Gasteiger partial charge in [-0.3, -0.25) is 4.98 Å². The number of rotatable bonds is 3. The average Bonchev–Trinajstić information content (AvgIpc) is 2.74. The van der Waals surface area contributed by atoms with Gasteiger partial charge in [0.2, 0.25) is 5.69 Å². The fraction of sp³-hybridized carbons (Fsp3) is 0.182. The first-order valence-corrected chi connectivity index (χ1v) is 10.2. The minimum Gasteiger partial charge on any atom is -0.360 e. The third-order valence-corrected chi connectivity index (χ3v) is 5.83. The van der Waals surface area contributed by atoms with E-state index in [0.29, 0.717) is 20.8 Å². The molecular weight excluding hydrogens is 427 g/mol. The van der Waals surface area contributed by atoms with Gasteiger partial charge in [-0.1, -0.05) is 53.0 Å². The first-order chi connectivity index (χ1) is 14.0. The lowest BCUT2D eigenvalue weighted by Gasteiger charge is -2.44. The lowest BCUT2D eigenvalue weighted by molar-refractivity contribution is 0.536. The molecule has 1 aliphatic rings. The number of hydrogen-bond donors (Lipinski definition) is 0. The van der Waals surface area contributed by atoms with Gasteiger partial charge in [0.25, 0.3) is 0 Å². The molecule has 0 spiro atoms. The van der Waals surface area contributed by atoms with Crippen molar-refractivity contribution in [3.05, 3.63) is 92.8 Å². The van der Waals surface area contributed by atoms with E-state index in [1.807, 2.05) is 42.5 Å². The van der Waals surface area contributed by atoms with Gasteiger partial charge in [0.1, 0.15) is 5.82 Å². The van der Waals surface area contributed by atoms with E-state index in [-0.39, 0.29) is 6.04 Å². The molecule has 7 heteroatoms. The highest BCUT2D eigenvalue weighted by Gasteiger charge is 2.30. The summed E-state index contributed by atoms with van der Waals surface area (Å²) in [5.74, 6) is 0.859. The summed E-state index contributed by atoms with van der Waals surface area (Å²) in [7, 11) is 0. The minimum absolute atomic E-state index is 0.0574. The van der Waals surface area contributed by atoms with E-state index in [9.17, 15) is 0 Å². The zero-order valence-electron chi connectivity index (χ0n) is 15.4.